The maximum atomic E-state index is 8.97. The fraction of sp³-hybridized carbons (Fsp3) is 0.211. The van der Waals surface area contributed by atoms with Crippen molar-refractivity contribution >= 4 is 43.2 Å². The Bertz CT molecular complexity index is 1610. The summed E-state index contributed by atoms with van der Waals surface area (Å²) in [7, 11) is 7.62. The van der Waals surface area contributed by atoms with Crippen molar-refractivity contribution in [2.75, 3.05) is 11.5 Å². The molecule has 2 saturated heterocycles. The molecule has 0 bridgehead atoms. The average Bonchev–Trinajstić information content (AvgIpc) is 3.86. The molecule has 0 saturated carbocycles. The molecule has 4 aromatic carbocycles. The molecular formula is C38H30N4NiS4. The number of hydrogen-bond donors (Lipinski definition) is 0. The fourth-order valence-electron chi connectivity index (χ4n) is 5.38. The van der Waals surface area contributed by atoms with Crippen LogP contribution in [-0.2, 0) is 29.3 Å². The first-order valence-electron chi connectivity index (χ1n) is 14.9. The fourth-order valence-corrected chi connectivity index (χ4v) is 10.9. The molecule has 0 N–H and O–H groups in total. The number of hydrogen-bond acceptors (Lipinski definition) is 8. The second kappa shape index (κ2) is 18.9. The van der Waals surface area contributed by atoms with Crippen LogP contribution < -0.4 is 0 Å². The molecule has 0 aliphatic carbocycles. The first-order valence-corrected chi connectivity index (χ1v) is 19.5. The van der Waals surface area contributed by atoms with Crippen LogP contribution >= 0.6 is 43.2 Å². The van der Waals surface area contributed by atoms with Gasteiger partial charge in [0.25, 0.3) is 0 Å². The predicted molar refractivity (Wildman–Crippen MR) is 193 cm³/mol. The summed E-state index contributed by atoms with van der Waals surface area (Å²) in [6.07, 6.45) is 4.13. The third-order valence-corrected chi connectivity index (χ3v) is 13.3. The van der Waals surface area contributed by atoms with Gasteiger partial charge in [0.05, 0.1) is 46.5 Å². The molecule has 0 radical (unpaired) electrons. The second-order valence-electron chi connectivity index (χ2n) is 10.8. The van der Waals surface area contributed by atoms with E-state index < -0.39 is 0 Å². The normalized spacial score (nSPS) is 15.4. The van der Waals surface area contributed by atoms with Gasteiger partial charge in [-0.15, -0.1) is 33.4 Å². The molecule has 2 atom stereocenters. The Morgan fingerprint density at radius 3 is 1.04 bits per heavy atom. The molecule has 2 unspecified atom stereocenters. The SMILES string of the molecule is N#Cc1ccc(CC(c2ccc(C#N)cc2)[C-]2CCSS2)cc1.N#Cc1ccc(CC(c2ccc(C#N)cc2)[C-]2CCSS2)cc1.[Ni+2]. The Kier molecular flexibility index (Phi) is 14.7. The molecule has 0 spiro atoms. The molecule has 2 aliphatic rings. The van der Waals surface area contributed by atoms with E-state index in [9.17, 15) is 0 Å². The van der Waals surface area contributed by atoms with Gasteiger partial charge in [-0.05, 0) is 84.0 Å². The van der Waals surface area contributed by atoms with Gasteiger partial charge in [-0.1, -0.05) is 59.7 Å². The van der Waals surface area contributed by atoms with Gasteiger partial charge in [-0.2, -0.15) is 33.9 Å². The topological polar surface area (TPSA) is 95.2 Å². The van der Waals surface area contributed by atoms with Crippen molar-refractivity contribution in [3.8, 4) is 24.3 Å². The Hall–Kier alpha value is -3.27. The summed E-state index contributed by atoms with van der Waals surface area (Å²) >= 11 is 0. The summed E-state index contributed by atoms with van der Waals surface area (Å²) < 4.78 is 0. The number of nitriles is 4. The van der Waals surface area contributed by atoms with Crippen molar-refractivity contribution in [1.29, 1.82) is 21.0 Å². The van der Waals surface area contributed by atoms with Crippen LogP contribution in [0.1, 0.15) is 69.2 Å². The first-order chi connectivity index (χ1) is 22.6. The van der Waals surface area contributed by atoms with E-state index in [-0.39, 0.29) is 16.5 Å². The van der Waals surface area contributed by atoms with E-state index >= 15 is 0 Å². The summed E-state index contributed by atoms with van der Waals surface area (Å²) in [5.41, 5.74) is 7.79. The third kappa shape index (κ3) is 10.4. The van der Waals surface area contributed by atoms with E-state index in [0.29, 0.717) is 34.1 Å². The van der Waals surface area contributed by atoms with Crippen molar-refractivity contribution in [3.05, 3.63) is 152 Å². The van der Waals surface area contributed by atoms with Gasteiger partial charge in [0.1, 0.15) is 0 Å². The summed E-state index contributed by atoms with van der Waals surface area (Å²) in [5.74, 6) is 3.05. The van der Waals surface area contributed by atoms with Gasteiger partial charge < -0.3 is 0 Å². The molecule has 2 heterocycles. The summed E-state index contributed by atoms with van der Waals surface area (Å²) in [5, 5.41) is 38.8. The van der Waals surface area contributed by atoms with Crippen molar-refractivity contribution in [2.45, 2.75) is 37.5 Å². The van der Waals surface area contributed by atoms with Crippen LogP contribution in [0, 0.1) is 55.8 Å². The van der Waals surface area contributed by atoms with Gasteiger partial charge >= 0.3 is 16.5 Å². The zero-order valence-electron chi connectivity index (χ0n) is 25.4. The van der Waals surface area contributed by atoms with Crippen molar-refractivity contribution in [1.82, 2.24) is 0 Å². The van der Waals surface area contributed by atoms with Gasteiger partial charge in [0.15, 0.2) is 0 Å². The molecule has 0 aromatic heterocycles. The molecule has 6 rings (SSSR count). The standard InChI is InChI=1S/2C19H15N2S2.Ni/c2*20-12-15-3-1-14(2-4-15)11-18(19-9-10-22-23-19)17-7-5-16(13-21)6-8-17;/h2*1-8,18H,9-11H2;/q2*-1;+2. The maximum absolute atomic E-state index is 8.97. The zero-order valence-corrected chi connectivity index (χ0v) is 29.6. The minimum Gasteiger partial charge on any atom is -0.280 e. The summed E-state index contributed by atoms with van der Waals surface area (Å²) in [4.78, 5) is 0. The van der Waals surface area contributed by atoms with E-state index in [4.69, 9.17) is 21.0 Å². The van der Waals surface area contributed by atoms with Crippen LogP contribution in [-0.4, -0.2) is 11.5 Å². The van der Waals surface area contributed by atoms with E-state index in [1.165, 1.54) is 44.3 Å². The Balaban J connectivity index is 0.000000208. The minimum absolute atomic E-state index is 0. The molecule has 2 fully saturated rings. The minimum atomic E-state index is 0. The first kappa shape index (κ1) is 36.6. The number of benzene rings is 4. The van der Waals surface area contributed by atoms with Crippen LogP contribution in [0.25, 0.3) is 0 Å². The van der Waals surface area contributed by atoms with Gasteiger partial charge in [0.2, 0.25) is 0 Å². The number of nitrogens with zero attached hydrogens (tertiary/aromatic N) is 4. The molecule has 47 heavy (non-hydrogen) atoms. The number of rotatable bonds is 8. The van der Waals surface area contributed by atoms with E-state index in [2.05, 4.69) is 48.5 Å². The maximum Gasteiger partial charge on any atom is 2.00 e. The summed E-state index contributed by atoms with van der Waals surface area (Å²) in [6.45, 7) is 0. The molecular weight excluding hydrogens is 699 g/mol. The third-order valence-electron chi connectivity index (χ3n) is 7.90. The molecule has 0 amide bonds. The Morgan fingerprint density at radius 2 is 0.787 bits per heavy atom. The average molecular weight is 730 g/mol. The largest absolute Gasteiger partial charge is 2.00 e. The van der Waals surface area contributed by atoms with Crippen molar-refractivity contribution in [3.63, 3.8) is 0 Å². The predicted octanol–water partition coefficient (Wildman–Crippen LogP) is 10.1. The molecule has 9 heteroatoms. The second-order valence-corrected chi connectivity index (χ2v) is 15.9. The van der Waals surface area contributed by atoms with E-state index in [0.717, 1.165) is 25.7 Å². The smallest absolute Gasteiger partial charge is 0.280 e. The quantitative estimate of drug-likeness (QED) is 0.101. The van der Waals surface area contributed by atoms with Crippen molar-refractivity contribution in [2.24, 2.45) is 0 Å². The Morgan fingerprint density at radius 1 is 0.489 bits per heavy atom. The zero-order chi connectivity index (χ0) is 32.1. The van der Waals surface area contributed by atoms with Gasteiger partial charge in [-0.25, -0.2) is 10.5 Å². The molecule has 236 valence electrons. The van der Waals surface area contributed by atoms with E-state index in [1.807, 2.05) is 116 Å². The van der Waals surface area contributed by atoms with Gasteiger partial charge in [-0.3, -0.25) is 21.6 Å². The molecule has 4 aromatic rings. The van der Waals surface area contributed by atoms with Crippen LogP contribution in [0.15, 0.2) is 97.1 Å². The van der Waals surface area contributed by atoms with Crippen LogP contribution in [0.4, 0.5) is 0 Å². The molecule has 4 nitrogen and oxygen atoms in total. The van der Waals surface area contributed by atoms with Crippen molar-refractivity contribution < 1.29 is 16.5 Å². The Labute approximate surface area is 304 Å². The molecule has 2 aliphatic heterocycles. The van der Waals surface area contributed by atoms with Crippen LogP contribution in [0.2, 0.25) is 0 Å². The van der Waals surface area contributed by atoms with Gasteiger partial charge in [0, 0.05) is 0 Å². The van der Waals surface area contributed by atoms with Crippen LogP contribution in [0.5, 0.6) is 0 Å². The van der Waals surface area contributed by atoms with E-state index in [1.54, 1.807) is 0 Å². The monoisotopic (exact) mass is 728 g/mol. The summed E-state index contributed by atoms with van der Waals surface area (Å²) in [6, 6.07) is 40.3. The van der Waals surface area contributed by atoms with Crippen LogP contribution in [0.3, 0.4) is 0 Å².